The molecule has 0 amide bonds. The molecule has 0 radical (unpaired) electrons. The van der Waals surface area contributed by atoms with Crippen LogP contribution in [0.3, 0.4) is 0 Å². The van der Waals surface area contributed by atoms with Crippen LogP contribution in [0.25, 0.3) is 0 Å². The Morgan fingerprint density at radius 1 is 1.47 bits per heavy atom. The summed E-state index contributed by atoms with van der Waals surface area (Å²) in [6.07, 6.45) is -2.90. The molecule has 0 aliphatic carbocycles. The maximum Gasteiger partial charge on any atom is 0.432 e. The minimum absolute atomic E-state index is 0.166. The van der Waals surface area contributed by atoms with Crippen molar-refractivity contribution in [1.29, 1.82) is 0 Å². The van der Waals surface area contributed by atoms with Crippen molar-refractivity contribution < 1.29 is 23.1 Å². The molecule has 0 saturated heterocycles. The molecule has 1 rings (SSSR count). The van der Waals surface area contributed by atoms with Gasteiger partial charge in [-0.2, -0.15) is 13.2 Å². The van der Waals surface area contributed by atoms with E-state index in [9.17, 15) is 18.0 Å². The summed E-state index contributed by atoms with van der Waals surface area (Å²) in [5.74, 6) is -1.30. The topological polar surface area (TPSA) is 42.2 Å². The number of carbonyl (C=O) groups is 1. The number of aryl methyl sites for hydroxylation is 1. The second-order valence-electron chi connectivity index (χ2n) is 4.26. The van der Waals surface area contributed by atoms with Gasteiger partial charge in [-0.25, -0.2) is 4.79 Å². The minimum atomic E-state index is -4.64. The van der Waals surface area contributed by atoms with Crippen LogP contribution in [0.5, 0.6) is 0 Å². The Morgan fingerprint density at radius 3 is 2.47 bits per heavy atom. The number of aromatic carboxylic acids is 1. The highest BCUT2D eigenvalue weighted by atomic mass is 19.4. The summed E-state index contributed by atoms with van der Waals surface area (Å²) in [5, 5.41) is 8.71. The Labute approximate surface area is 96.9 Å². The number of alkyl halides is 3. The van der Waals surface area contributed by atoms with Crippen LogP contribution in [0, 0.1) is 5.92 Å². The quantitative estimate of drug-likeness (QED) is 0.889. The molecule has 0 atom stereocenters. The fourth-order valence-electron chi connectivity index (χ4n) is 1.54. The average Bonchev–Trinajstić information content (AvgIpc) is 2.57. The number of hydrogen-bond donors (Lipinski definition) is 1. The third-order valence-electron chi connectivity index (χ3n) is 2.41. The Bertz CT molecular complexity index is 407. The number of rotatable bonds is 4. The van der Waals surface area contributed by atoms with Crippen molar-refractivity contribution in [3.63, 3.8) is 0 Å². The van der Waals surface area contributed by atoms with Gasteiger partial charge in [-0.15, -0.1) is 0 Å². The molecule has 1 N–H and O–H groups in total. The second kappa shape index (κ2) is 4.81. The van der Waals surface area contributed by atoms with Gasteiger partial charge < -0.3 is 9.67 Å². The molecule has 0 bridgehead atoms. The summed E-state index contributed by atoms with van der Waals surface area (Å²) < 4.78 is 39.2. The third-order valence-corrected chi connectivity index (χ3v) is 2.41. The summed E-state index contributed by atoms with van der Waals surface area (Å²) in [4.78, 5) is 10.7. The van der Waals surface area contributed by atoms with Gasteiger partial charge in [0.25, 0.3) is 0 Å². The highest BCUT2D eigenvalue weighted by Crippen LogP contribution is 2.33. The predicted octanol–water partition coefficient (Wildman–Crippen LogP) is 3.25. The van der Waals surface area contributed by atoms with Crippen LogP contribution in [0.15, 0.2) is 12.3 Å². The zero-order valence-electron chi connectivity index (χ0n) is 9.58. The van der Waals surface area contributed by atoms with Gasteiger partial charge in [0, 0.05) is 12.7 Å². The first-order chi connectivity index (χ1) is 7.73. The molecule has 0 saturated carbocycles. The van der Waals surface area contributed by atoms with E-state index in [-0.39, 0.29) is 12.5 Å². The molecule has 17 heavy (non-hydrogen) atoms. The highest BCUT2D eigenvalue weighted by Gasteiger charge is 2.38. The lowest BCUT2D eigenvalue weighted by Crippen LogP contribution is -2.18. The van der Waals surface area contributed by atoms with Crippen LogP contribution in [0.1, 0.15) is 36.3 Å². The van der Waals surface area contributed by atoms with Gasteiger partial charge in [0.05, 0.1) is 5.56 Å². The SMILES string of the molecule is CC(C)CCn1ccc(C(=O)O)c1C(F)(F)F. The van der Waals surface area contributed by atoms with Crippen LogP contribution in [-0.4, -0.2) is 15.6 Å². The number of carboxylic acids is 1. The van der Waals surface area contributed by atoms with Gasteiger partial charge in [-0.3, -0.25) is 0 Å². The van der Waals surface area contributed by atoms with Crippen molar-refractivity contribution in [2.45, 2.75) is 33.0 Å². The molecule has 6 heteroatoms. The van der Waals surface area contributed by atoms with E-state index in [1.54, 1.807) is 0 Å². The summed E-state index contributed by atoms with van der Waals surface area (Å²) in [6, 6.07) is 0.992. The first-order valence-corrected chi connectivity index (χ1v) is 5.23. The average molecular weight is 249 g/mol. The van der Waals surface area contributed by atoms with Crippen molar-refractivity contribution in [2.24, 2.45) is 5.92 Å². The van der Waals surface area contributed by atoms with Crippen molar-refractivity contribution in [2.75, 3.05) is 0 Å². The van der Waals surface area contributed by atoms with E-state index < -0.39 is 23.4 Å². The van der Waals surface area contributed by atoms with E-state index in [0.717, 1.165) is 10.6 Å². The second-order valence-corrected chi connectivity index (χ2v) is 4.26. The van der Waals surface area contributed by atoms with Crippen LogP contribution in [-0.2, 0) is 12.7 Å². The van der Waals surface area contributed by atoms with E-state index in [0.29, 0.717) is 6.42 Å². The standard InChI is InChI=1S/C11H14F3NO2/c1-7(2)3-5-15-6-4-8(10(16)17)9(15)11(12,13)14/h4,6-7H,3,5H2,1-2H3,(H,16,17). The predicted molar refractivity (Wildman–Crippen MR) is 55.8 cm³/mol. The maximum atomic E-state index is 12.7. The zero-order chi connectivity index (χ0) is 13.2. The Balaban J connectivity index is 3.10. The van der Waals surface area contributed by atoms with Crippen molar-refractivity contribution in [3.05, 3.63) is 23.5 Å². The molecule has 0 aliphatic heterocycles. The monoisotopic (exact) mass is 249 g/mol. The fraction of sp³-hybridized carbons (Fsp3) is 0.545. The number of aromatic nitrogens is 1. The van der Waals surface area contributed by atoms with Gasteiger partial charge in [0.2, 0.25) is 0 Å². The van der Waals surface area contributed by atoms with Crippen LogP contribution in [0.4, 0.5) is 13.2 Å². The minimum Gasteiger partial charge on any atom is -0.478 e. The highest BCUT2D eigenvalue weighted by molar-refractivity contribution is 5.89. The van der Waals surface area contributed by atoms with Crippen molar-refractivity contribution in [3.8, 4) is 0 Å². The first-order valence-electron chi connectivity index (χ1n) is 5.23. The molecule has 0 spiro atoms. The number of nitrogens with zero attached hydrogens (tertiary/aromatic N) is 1. The molecule has 96 valence electrons. The summed E-state index contributed by atoms with van der Waals surface area (Å²) in [7, 11) is 0. The van der Waals surface area contributed by atoms with Crippen molar-refractivity contribution >= 4 is 5.97 Å². The lowest BCUT2D eigenvalue weighted by molar-refractivity contribution is -0.144. The molecular formula is C11H14F3NO2. The number of carboxylic acid groups (broad SMARTS) is 1. The van der Waals surface area contributed by atoms with Gasteiger partial charge in [0.1, 0.15) is 5.69 Å². The Hall–Kier alpha value is -1.46. The van der Waals surface area contributed by atoms with Gasteiger partial charge in [-0.1, -0.05) is 13.8 Å². The first kappa shape index (κ1) is 13.6. The largest absolute Gasteiger partial charge is 0.478 e. The summed E-state index contributed by atoms with van der Waals surface area (Å²) >= 11 is 0. The molecular weight excluding hydrogens is 235 g/mol. The number of hydrogen-bond acceptors (Lipinski definition) is 1. The van der Waals surface area contributed by atoms with Crippen LogP contribution >= 0.6 is 0 Å². The Morgan fingerprint density at radius 2 is 2.06 bits per heavy atom. The van der Waals surface area contributed by atoms with Crippen molar-refractivity contribution in [1.82, 2.24) is 4.57 Å². The molecule has 3 nitrogen and oxygen atoms in total. The summed E-state index contributed by atoms with van der Waals surface area (Å²) in [6.45, 7) is 3.96. The van der Waals surface area contributed by atoms with Gasteiger partial charge >= 0.3 is 12.1 Å². The maximum absolute atomic E-state index is 12.7. The lowest BCUT2D eigenvalue weighted by Gasteiger charge is -2.14. The van der Waals surface area contributed by atoms with E-state index in [1.807, 2.05) is 13.8 Å². The number of halogens is 3. The Kier molecular flexibility index (Phi) is 3.85. The van der Waals surface area contributed by atoms with E-state index in [1.165, 1.54) is 6.20 Å². The molecule has 0 aromatic carbocycles. The van der Waals surface area contributed by atoms with E-state index in [2.05, 4.69) is 0 Å². The molecule has 0 fully saturated rings. The zero-order valence-corrected chi connectivity index (χ0v) is 9.58. The fourth-order valence-corrected chi connectivity index (χ4v) is 1.54. The van der Waals surface area contributed by atoms with Crippen LogP contribution < -0.4 is 0 Å². The lowest BCUT2D eigenvalue weighted by atomic mass is 10.1. The molecule has 0 aliphatic rings. The molecule has 1 heterocycles. The van der Waals surface area contributed by atoms with E-state index >= 15 is 0 Å². The summed E-state index contributed by atoms with van der Waals surface area (Å²) in [5.41, 5.74) is -1.77. The van der Waals surface area contributed by atoms with E-state index in [4.69, 9.17) is 5.11 Å². The molecule has 0 unspecified atom stereocenters. The van der Waals surface area contributed by atoms with Crippen LogP contribution in [0.2, 0.25) is 0 Å². The normalized spacial score (nSPS) is 12.1. The van der Waals surface area contributed by atoms with Gasteiger partial charge in [0.15, 0.2) is 0 Å². The van der Waals surface area contributed by atoms with Gasteiger partial charge in [-0.05, 0) is 18.4 Å². The molecule has 1 aromatic heterocycles. The molecule has 1 aromatic rings. The third kappa shape index (κ3) is 3.25. The smallest absolute Gasteiger partial charge is 0.432 e.